The van der Waals surface area contributed by atoms with Crippen molar-refractivity contribution in [3.8, 4) is 0 Å². The third kappa shape index (κ3) is 8.31. The second kappa shape index (κ2) is 3.47. The molecular weight excluding hydrogens is 130 g/mol. The standard InChI is InChI=1S/C7H19NS/c1-7(2)5-6-9(3,4)8/h7H,5-6,8H2,1-4H3. The normalized spacial score (nSPS) is 14.4. The highest BCUT2D eigenvalue weighted by Gasteiger charge is 2.04. The molecule has 0 rings (SSSR count). The largest absolute Gasteiger partial charge is 0.295 e. The minimum absolute atomic E-state index is 0.719. The van der Waals surface area contributed by atoms with E-state index in [-0.39, 0.29) is 0 Å². The SMILES string of the molecule is CC(C)CCS(C)(C)N. The van der Waals surface area contributed by atoms with E-state index in [0.717, 1.165) is 5.92 Å². The number of hydrogen-bond acceptors (Lipinski definition) is 1. The van der Waals surface area contributed by atoms with E-state index < -0.39 is 10.2 Å². The van der Waals surface area contributed by atoms with Crippen molar-refractivity contribution in [3.63, 3.8) is 0 Å². The Labute approximate surface area is 60.5 Å². The van der Waals surface area contributed by atoms with Gasteiger partial charge in [-0.15, -0.1) is 0 Å². The maximum Gasteiger partial charge on any atom is -0.0115 e. The second-order valence-corrected chi connectivity index (χ2v) is 7.17. The van der Waals surface area contributed by atoms with Crippen molar-refractivity contribution in [3.05, 3.63) is 0 Å². The molecule has 0 fully saturated rings. The van der Waals surface area contributed by atoms with Gasteiger partial charge in [-0.05, 0) is 30.6 Å². The van der Waals surface area contributed by atoms with Crippen molar-refractivity contribution in [2.45, 2.75) is 20.3 Å². The lowest BCUT2D eigenvalue weighted by molar-refractivity contribution is 0.630. The van der Waals surface area contributed by atoms with Gasteiger partial charge in [-0.1, -0.05) is 13.8 Å². The average molecular weight is 149 g/mol. The van der Waals surface area contributed by atoms with Gasteiger partial charge >= 0.3 is 0 Å². The molecule has 0 aromatic heterocycles. The molecule has 0 atom stereocenters. The van der Waals surface area contributed by atoms with Gasteiger partial charge in [0.2, 0.25) is 0 Å². The van der Waals surface area contributed by atoms with Gasteiger partial charge in [0.1, 0.15) is 0 Å². The molecule has 9 heavy (non-hydrogen) atoms. The van der Waals surface area contributed by atoms with Crippen LogP contribution in [0.25, 0.3) is 0 Å². The number of hydrogen-bond donors (Lipinski definition) is 1. The highest BCUT2D eigenvalue weighted by molar-refractivity contribution is 8.30. The molecule has 0 heterocycles. The fourth-order valence-electron chi connectivity index (χ4n) is 0.539. The predicted molar refractivity (Wildman–Crippen MR) is 47.9 cm³/mol. The minimum Gasteiger partial charge on any atom is -0.295 e. The molecule has 0 aromatic carbocycles. The van der Waals surface area contributed by atoms with Crippen LogP contribution >= 0.6 is 10.2 Å². The van der Waals surface area contributed by atoms with Crippen LogP contribution in [0.4, 0.5) is 0 Å². The Bertz CT molecular complexity index is 73.5. The molecule has 0 aliphatic rings. The predicted octanol–water partition coefficient (Wildman–Crippen LogP) is 1.97. The van der Waals surface area contributed by atoms with Crippen molar-refractivity contribution < 1.29 is 0 Å². The fourth-order valence-corrected chi connectivity index (χ4v) is 1.62. The Hall–Kier alpha value is 0.310. The lowest BCUT2D eigenvalue weighted by Gasteiger charge is -2.25. The molecule has 0 saturated heterocycles. The van der Waals surface area contributed by atoms with Crippen LogP contribution in [0.5, 0.6) is 0 Å². The lowest BCUT2D eigenvalue weighted by Crippen LogP contribution is -2.12. The summed E-state index contributed by atoms with van der Waals surface area (Å²) < 4.78 is 0. The van der Waals surface area contributed by atoms with E-state index in [4.69, 9.17) is 5.14 Å². The van der Waals surface area contributed by atoms with Crippen LogP contribution in [0.1, 0.15) is 20.3 Å². The lowest BCUT2D eigenvalue weighted by atomic mass is 10.2. The van der Waals surface area contributed by atoms with E-state index in [1.807, 2.05) is 0 Å². The highest BCUT2D eigenvalue weighted by atomic mass is 32.3. The summed E-state index contributed by atoms with van der Waals surface area (Å²) in [5.74, 6) is 2.02. The van der Waals surface area contributed by atoms with Crippen molar-refractivity contribution in [2.24, 2.45) is 11.1 Å². The van der Waals surface area contributed by atoms with E-state index in [9.17, 15) is 0 Å². The maximum absolute atomic E-state index is 5.87. The monoisotopic (exact) mass is 149 g/mol. The van der Waals surface area contributed by atoms with Gasteiger partial charge in [0, 0.05) is 0 Å². The first-order chi connectivity index (χ1) is 3.92. The van der Waals surface area contributed by atoms with Crippen LogP contribution in [0.2, 0.25) is 0 Å². The molecule has 1 nitrogen and oxygen atoms in total. The third-order valence-corrected chi connectivity index (χ3v) is 2.51. The Morgan fingerprint density at radius 3 is 1.89 bits per heavy atom. The van der Waals surface area contributed by atoms with E-state index in [0.29, 0.717) is 0 Å². The minimum atomic E-state index is -0.719. The molecule has 0 amide bonds. The number of rotatable bonds is 3. The molecule has 0 aliphatic heterocycles. The summed E-state index contributed by atoms with van der Waals surface area (Å²) >= 11 is 0. The van der Waals surface area contributed by atoms with Crippen molar-refractivity contribution in [1.82, 2.24) is 0 Å². The molecule has 0 unspecified atom stereocenters. The molecule has 58 valence electrons. The Morgan fingerprint density at radius 1 is 1.33 bits per heavy atom. The second-order valence-electron chi connectivity index (χ2n) is 3.51. The van der Waals surface area contributed by atoms with Crippen molar-refractivity contribution in [2.75, 3.05) is 18.3 Å². The number of nitrogens with two attached hydrogens (primary N) is 1. The zero-order valence-corrected chi connectivity index (χ0v) is 7.79. The smallest absolute Gasteiger partial charge is 0.0115 e. The Balaban J connectivity index is 3.28. The summed E-state index contributed by atoms with van der Waals surface area (Å²) in [6, 6.07) is 0. The third-order valence-electron chi connectivity index (χ3n) is 1.22. The van der Waals surface area contributed by atoms with Crippen LogP contribution in [-0.4, -0.2) is 18.3 Å². The maximum atomic E-state index is 5.87. The first-order valence-corrected chi connectivity index (χ1v) is 6.09. The van der Waals surface area contributed by atoms with Gasteiger partial charge in [-0.25, -0.2) is 0 Å². The molecule has 0 aliphatic carbocycles. The molecule has 0 aromatic rings. The van der Waals surface area contributed by atoms with E-state index in [2.05, 4.69) is 26.4 Å². The first-order valence-electron chi connectivity index (χ1n) is 3.40. The topological polar surface area (TPSA) is 26.0 Å². The van der Waals surface area contributed by atoms with Crippen LogP contribution in [0.15, 0.2) is 0 Å². The summed E-state index contributed by atoms with van der Waals surface area (Å²) in [4.78, 5) is 0. The molecule has 0 saturated carbocycles. The Kier molecular flexibility index (Phi) is 3.59. The molecule has 0 radical (unpaired) electrons. The van der Waals surface area contributed by atoms with Gasteiger partial charge < -0.3 is 0 Å². The average Bonchev–Trinajstić information content (AvgIpc) is 1.59. The summed E-state index contributed by atoms with van der Waals surface area (Å²) in [5, 5.41) is 5.87. The van der Waals surface area contributed by atoms with Crippen LogP contribution in [0, 0.1) is 5.92 Å². The molecular formula is C7H19NS. The van der Waals surface area contributed by atoms with Gasteiger partial charge in [-0.2, -0.15) is 10.2 Å². The zero-order valence-electron chi connectivity index (χ0n) is 6.98. The van der Waals surface area contributed by atoms with Crippen molar-refractivity contribution >= 4 is 10.2 Å². The first kappa shape index (κ1) is 9.31. The van der Waals surface area contributed by atoms with Crippen LogP contribution in [-0.2, 0) is 0 Å². The van der Waals surface area contributed by atoms with Crippen molar-refractivity contribution in [1.29, 1.82) is 0 Å². The quantitative estimate of drug-likeness (QED) is 0.652. The summed E-state index contributed by atoms with van der Waals surface area (Å²) in [6.07, 6.45) is 5.60. The highest BCUT2D eigenvalue weighted by Crippen LogP contribution is 2.30. The van der Waals surface area contributed by atoms with Gasteiger partial charge in [-0.3, -0.25) is 5.14 Å². The van der Waals surface area contributed by atoms with E-state index in [1.165, 1.54) is 12.2 Å². The molecule has 0 bridgehead atoms. The summed E-state index contributed by atoms with van der Waals surface area (Å²) in [6.45, 7) is 4.48. The van der Waals surface area contributed by atoms with Crippen LogP contribution < -0.4 is 5.14 Å². The van der Waals surface area contributed by atoms with E-state index >= 15 is 0 Å². The van der Waals surface area contributed by atoms with Gasteiger partial charge in [0.05, 0.1) is 0 Å². The van der Waals surface area contributed by atoms with Crippen LogP contribution in [0.3, 0.4) is 0 Å². The molecule has 0 spiro atoms. The molecule has 2 N–H and O–H groups in total. The van der Waals surface area contributed by atoms with Gasteiger partial charge in [0.15, 0.2) is 0 Å². The summed E-state index contributed by atoms with van der Waals surface area (Å²) in [7, 11) is -0.719. The molecule has 2 heteroatoms. The van der Waals surface area contributed by atoms with Gasteiger partial charge in [0.25, 0.3) is 0 Å². The summed E-state index contributed by atoms with van der Waals surface area (Å²) in [5.41, 5.74) is 0. The fraction of sp³-hybridized carbons (Fsp3) is 1.00. The zero-order chi connectivity index (χ0) is 7.49. The van der Waals surface area contributed by atoms with E-state index in [1.54, 1.807) is 0 Å². The Morgan fingerprint density at radius 2 is 1.78 bits per heavy atom.